The highest BCUT2D eigenvalue weighted by molar-refractivity contribution is 5.72. The molecule has 13 nitrogen and oxygen atoms in total. The third-order valence-corrected chi connectivity index (χ3v) is 7.66. The van der Waals surface area contributed by atoms with Crippen molar-refractivity contribution in [3.05, 3.63) is 12.2 Å². The number of allylic oxidation sites excluding steroid dienone is 1. The fourth-order valence-corrected chi connectivity index (χ4v) is 4.71. The van der Waals surface area contributed by atoms with E-state index >= 15 is 0 Å². The van der Waals surface area contributed by atoms with Crippen LogP contribution < -0.4 is 24.8 Å². The van der Waals surface area contributed by atoms with Crippen molar-refractivity contribution in [1.82, 2.24) is 0 Å². The van der Waals surface area contributed by atoms with Gasteiger partial charge in [-0.25, -0.2) is 9.59 Å². The SMILES string of the molecule is CCCCCC(OC(=O)C[N+](C)(C)CCOC(C)=O)C(O)C/C=C\CCCCCCCC(=O)OCOC(=O)C[N+](C)(C)CCOC(C)=O.[Cl-].[Cl-]. The van der Waals surface area contributed by atoms with Crippen molar-refractivity contribution in [3.63, 3.8) is 0 Å². The predicted octanol–water partition coefficient (Wildman–Crippen LogP) is -2.15. The van der Waals surface area contributed by atoms with Gasteiger partial charge < -0.3 is 62.6 Å². The maximum Gasteiger partial charge on any atom is 0.364 e. The molecule has 0 aromatic carbocycles. The fraction of sp³-hybridized carbons (Fsp3) is 0.800. The summed E-state index contributed by atoms with van der Waals surface area (Å²) >= 11 is 0. The lowest BCUT2D eigenvalue weighted by molar-refractivity contribution is -0.883. The quantitative estimate of drug-likeness (QED) is 0.0232. The Morgan fingerprint density at radius 1 is 0.660 bits per heavy atom. The second kappa shape index (κ2) is 30.2. The molecule has 0 fully saturated rings. The Kier molecular flexibility index (Phi) is 31.4. The molecule has 0 saturated heterocycles. The molecule has 294 valence electrons. The first-order chi connectivity index (χ1) is 22.6. The minimum Gasteiger partial charge on any atom is -1.00 e. The van der Waals surface area contributed by atoms with Crippen LogP contribution in [0.3, 0.4) is 0 Å². The molecule has 0 aromatic heterocycles. The van der Waals surface area contributed by atoms with E-state index in [1.54, 1.807) is 0 Å². The Morgan fingerprint density at radius 2 is 1.18 bits per heavy atom. The maximum absolute atomic E-state index is 12.7. The summed E-state index contributed by atoms with van der Waals surface area (Å²) < 4.78 is 26.2. The number of carbonyl (C=O) groups excluding carboxylic acids is 5. The van der Waals surface area contributed by atoms with Crippen LogP contribution in [0.25, 0.3) is 0 Å². The highest BCUT2D eigenvalue weighted by atomic mass is 35.5. The van der Waals surface area contributed by atoms with Crippen molar-refractivity contribution < 1.29 is 86.5 Å². The summed E-state index contributed by atoms with van der Waals surface area (Å²) in [6.07, 6.45) is 12.2. The Morgan fingerprint density at radius 3 is 1.74 bits per heavy atom. The van der Waals surface area contributed by atoms with Gasteiger partial charge in [0, 0.05) is 20.3 Å². The number of esters is 5. The predicted molar refractivity (Wildman–Crippen MR) is 180 cm³/mol. The molecule has 0 rings (SSSR count). The van der Waals surface area contributed by atoms with Crippen LogP contribution in [0.4, 0.5) is 0 Å². The molecule has 15 heteroatoms. The normalized spacial score (nSPS) is 12.6. The molecule has 0 bridgehead atoms. The van der Waals surface area contributed by atoms with Gasteiger partial charge >= 0.3 is 29.8 Å². The van der Waals surface area contributed by atoms with Crippen molar-refractivity contribution in [2.75, 3.05) is 74.4 Å². The van der Waals surface area contributed by atoms with Gasteiger partial charge in [0.2, 0.25) is 6.79 Å². The summed E-state index contributed by atoms with van der Waals surface area (Å²) in [5.74, 6) is -2.02. The summed E-state index contributed by atoms with van der Waals surface area (Å²) in [7, 11) is 7.36. The minimum atomic E-state index is -0.785. The van der Waals surface area contributed by atoms with Crippen LogP contribution in [0.5, 0.6) is 0 Å². The molecule has 2 unspecified atom stereocenters. The van der Waals surface area contributed by atoms with E-state index in [0.29, 0.717) is 36.8 Å². The number of ether oxygens (including phenoxy) is 5. The van der Waals surface area contributed by atoms with Crippen LogP contribution in [0.2, 0.25) is 0 Å². The number of aliphatic hydroxyl groups excluding tert-OH is 1. The van der Waals surface area contributed by atoms with Gasteiger partial charge in [0.05, 0.1) is 34.3 Å². The minimum absolute atomic E-state index is 0. The van der Waals surface area contributed by atoms with Crippen LogP contribution in [0.1, 0.15) is 97.8 Å². The van der Waals surface area contributed by atoms with E-state index in [9.17, 15) is 29.1 Å². The summed E-state index contributed by atoms with van der Waals surface area (Å²) in [6, 6.07) is 0. The molecule has 0 aliphatic heterocycles. The molecule has 0 aromatic rings. The molecule has 1 N–H and O–H groups in total. The number of hydrogen-bond donors (Lipinski definition) is 1. The highest BCUT2D eigenvalue weighted by Gasteiger charge is 2.27. The lowest BCUT2D eigenvalue weighted by Crippen LogP contribution is -3.00. The summed E-state index contributed by atoms with van der Waals surface area (Å²) in [6.45, 7) is 5.90. The number of quaternary nitrogens is 2. The number of unbranched alkanes of at least 4 members (excludes halogenated alkanes) is 7. The standard InChI is InChI=1S/C35H64N2O11.2ClH/c1-8-9-16-20-32(48-35(43)27-37(6,7)23-25-45-30(3)39)31(40)19-17-14-12-10-11-13-15-18-21-33(41)46-28-47-34(42)26-36(4,5)22-24-44-29(2)38;;/h14,17,31-32,40H,8-13,15-16,18-28H2,1-7H3;2*1H/q+2;;/p-2/b17-14-;;. The highest BCUT2D eigenvalue weighted by Crippen LogP contribution is 2.16. The second-order valence-corrected chi connectivity index (χ2v) is 13.6. The van der Waals surface area contributed by atoms with Gasteiger partial charge in [0.1, 0.15) is 32.4 Å². The van der Waals surface area contributed by atoms with Gasteiger partial charge in [-0.05, 0) is 38.5 Å². The first kappa shape index (κ1) is 51.9. The molecule has 0 radical (unpaired) electrons. The third-order valence-electron chi connectivity index (χ3n) is 7.66. The molecular formula is C35H64Cl2N2O11. The topological polar surface area (TPSA) is 152 Å². The van der Waals surface area contributed by atoms with Crippen molar-refractivity contribution in [2.24, 2.45) is 0 Å². The smallest absolute Gasteiger partial charge is 0.364 e. The zero-order chi connectivity index (χ0) is 36.4. The number of aliphatic hydroxyl groups is 1. The molecule has 2 atom stereocenters. The average molecular weight is 760 g/mol. The van der Waals surface area contributed by atoms with E-state index in [-0.39, 0.29) is 79.9 Å². The van der Waals surface area contributed by atoms with Crippen molar-refractivity contribution in [1.29, 1.82) is 0 Å². The van der Waals surface area contributed by atoms with Crippen molar-refractivity contribution >= 4 is 29.8 Å². The first-order valence-electron chi connectivity index (χ1n) is 17.3. The van der Waals surface area contributed by atoms with E-state index in [1.807, 2.05) is 40.3 Å². The summed E-state index contributed by atoms with van der Waals surface area (Å²) in [5, 5.41) is 10.8. The maximum atomic E-state index is 12.7. The number of nitrogens with zero attached hydrogens (tertiary/aromatic N) is 2. The molecule has 0 heterocycles. The Labute approximate surface area is 312 Å². The van der Waals surface area contributed by atoms with Gasteiger partial charge in [-0.2, -0.15) is 0 Å². The average Bonchev–Trinajstić information content (AvgIpc) is 2.96. The summed E-state index contributed by atoms with van der Waals surface area (Å²) in [4.78, 5) is 58.5. The molecule has 0 aliphatic rings. The zero-order valence-electron chi connectivity index (χ0n) is 31.4. The van der Waals surface area contributed by atoms with Crippen LogP contribution in [0, 0.1) is 0 Å². The summed E-state index contributed by atoms with van der Waals surface area (Å²) in [5.41, 5.74) is 0. The molecule has 0 amide bonds. The fourth-order valence-electron chi connectivity index (χ4n) is 4.71. The number of halogens is 2. The largest absolute Gasteiger partial charge is 1.00 e. The van der Waals surface area contributed by atoms with E-state index < -0.39 is 30.9 Å². The van der Waals surface area contributed by atoms with Crippen molar-refractivity contribution in [3.8, 4) is 0 Å². The van der Waals surface area contributed by atoms with Crippen LogP contribution in [-0.2, 0) is 47.7 Å². The number of rotatable bonds is 28. The zero-order valence-corrected chi connectivity index (χ0v) is 32.9. The number of likely N-dealkylation sites (N-methyl/N-ethyl adjacent to an activating group) is 2. The lowest BCUT2D eigenvalue weighted by atomic mass is 10.0. The van der Waals surface area contributed by atoms with E-state index in [4.69, 9.17) is 23.7 Å². The van der Waals surface area contributed by atoms with E-state index in [0.717, 1.165) is 51.4 Å². The molecular weight excluding hydrogens is 695 g/mol. The van der Waals surface area contributed by atoms with Gasteiger partial charge in [-0.1, -0.05) is 51.2 Å². The number of carbonyl (C=O) groups is 5. The molecule has 0 saturated carbocycles. The molecule has 0 aliphatic carbocycles. The van der Waals surface area contributed by atoms with E-state index in [2.05, 4.69) is 6.92 Å². The van der Waals surface area contributed by atoms with E-state index in [1.165, 1.54) is 13.8 Å². The van der Waals surface area contributed by atoms with Crippen LogP contribution >= 0.6 is 0 Å². The van der Waals surface area contributed by atoms with Crippen LogP contribution in [0.15, 0.2) is 12.2 Å². The van der Waals surface area contributed by atoms with Crippen molar-refractivity contribution in [2.45, 2.75) is 110 Å². The van der Waals surface area contributed by atoms with Gasteiger partial charge in [0.25, 0.3) is 0 Å². The molecule has 50 heavy (non-hydrogen) atoms. The Hall–Kier alpha value is -2.45. The third kappa shape index (κ3) is 31.5. The monoisotopic (exact) mass is 758 g/mol. The van der Waals surface area contributed by atoms with Gasteiger partial charge in [0.15, 0.2) is 13.1 Å². The Balaban J connectivity index is -0.0000110. The van der Waals surface area contributed by atoms with Gasteiger partial charge in [-0.15, -0.1) is 0 Å². The lowest BCUT2D eigenvalue weighted by Gasteiger charge is -2.30. The second-order valence-electron chi connectivity index (χ2n) is 13.6. The molecule has 0 spiro atoms. The van der Waals surface area contributed by atoms with Crippen LogP contribution in [-0.4, -0.2) is 131 Å². The Bertz CT molecular complexity index is 994. The first-order valence-corrected chi connectivity index (χ1v) is 17.3. The number of hydrogen-bond acceptors (Lipinski definition) is 11. The van der Waals surface area contributed by atoms with Gasteiger partial charge in [-0.3, -0.25) is 14.4 Å².